The van der Waals surface area contributed by atoms with Crippen molar-refractivity contribution < 1.29 is 0 Å². The van der Waals surface area contributed by atoms with Gasteiger partial charge in [-0.15, -0.1) is 0 Å². The molecule has 0 heterocycles. The number of hydrogen-bond acceptors (Lipinski definition) is 1. The Balaban J connectivity index is 2.56. The van der Waals surface area contributed by atoms with E-state index in [2.05, 4.69) is 33.1 Å². The van der Waals surface area contributed by atoms with Crippen molar-refractivity contribution in [3.63, 3.8) is 0 Å². The third-order valence-corrected chi connectivity index (χ3v) is 3.10. The van der Waals surface area contributed by atoms with Crippen molar-refractivity contribution in [1.29, 1.82) is 0 Å². The Labute approximate surface area is 110 Å². The van der Waals surface area contributed by atoms with E-state index in [-0.39, 0.29) is 0 Å². The first kappa shape index (κ1) is 13.2. The van der Waals surface area contributed by atoms with Gasteiger partial charge in [0.15, 0.2) is 5.11 Å². The summed E-state index contributed by atoms with van der Waals surface area (Å²) in [6.07, 6.45) is 0. The molecule has 1 rings (SSSR count). The van der Waals surface area contributed by atoms with Crippen LogP contribution in [0, 0.1) is 6.92 Å². The maximum absolute atomic E-state index is 5.16. The number of anilines is 1. The summed E-state index contributed by atoms with van der Waals surface area (Å²) in [4.78, 5) is 0. The second kappa shape index (κ2) is 6.01. The fourth-order valence-corrected chi connectivity index (χ4v) is 1.57. The first-order valence-electron chi connectivity index (χ1n) is 4.94. The van der Waals surface area contributed by atoms with Crippen molar-refractivity contribution >= 4 is 38.9 Å². The van der Waals surface area contributed by atoms with Crippen LogP contribution in [-0.4, -0.2) is 11.7 Å². The summed E-state index contributed by atoms with van der Waals surface area (Å²) >= 11 is 8.61. The van der Waals surface area contributed by atoms with Crippen molar-refractivity contribution in [2.75, 3.05) is 11.9 Å². The molecule has 0 saturated carbocycles. The highest BCUT2D eigenvalue weighted by Gasteiger charge is 1.99. The lowest BCUT2D eigenvalue weighted by Gasteiger charge is -2.11. The monoisotopic (exact) mass is 298 g/mol. The van der Waals surface area contributed by atoms with E-state index in [0.29, 0.717) is 11.7 Å². The van der Waals surface area contributed by atoms with Crippen molar-refractivity contribution in [1.82, 2.24) is 5.32 Å². The third kappa shape index (κ3) is 4.33. The van der Waals surface area contributed by atoms with Crippen molar-refractivity contribution in [3.8, 4) is 0 Å². The molecule has 0 amide bonds. The minimum Gasteiger partial charge on any atom is -0.359 e. The van der Waals surface area contributed by atoms with Crippen LogP contribution in [0.25, 0.3) is 0 Å². The van der Waals surface area contributed by atoms with E-state index in [9.17, 15) is 0 Å². The van der Waals surface area contributed by atoms with E-state index >= 15 is 0 Å². The lowest BCUT2D eigenvalue weighted by Crippen LogP contribution is -2.29. The van der Waals surface area contributed by atoms with Gasteiger partial charge in [0, 0.05) is 16.7 Å². The molecule has 0 radical (unpaired) electrons. The zero-order chi connectivity index (χ0) is 12.1. The van der Waals surface area contributed by atoms with Gasteiger partial charge < -0.3 is 10.6 Å². The van der Waals surface area contributed by atoms with Gasteiger partial charge in [0.05, 0.1) is 0 Å². The topological polar surface area (TPSA) is 24.1 Å². The first-order valence-corrected chi connectivity index (χ1v) is 6.14. The SMILES string of the molecule is C=C(C)CNC(=S)Nc1ccc(Br)c(C)c1. The van der Waals surface area contributed by atoms with E-state index in [4.69, 9.17) is 12.2 Å². The van der Waals surface area contributed by atoms with Crippen molar-refractivity contribution in [3.05, 3.63) is 40.4 Å². The summed E-state index contributed by atoms with van der Waals surface area (Å²) in [5.74, 6) is 0. The molecule has 4 heteroatoms. The van der Waals surface area contributed by atoms with Gasteiger partial charge in [-0.2, -0.15) is 0 Å². The van der Waals surface area contributed by atoms with E-state index in [1.165, 1.54) is 5.56 Å². The van der Waals surface area contributed by atoms with Crippen LogP contribution in [0.2, 0.25) is 0 Å². The Morgan fingerprint density at radius 1 is 1.50 bits per heavy atom. The molecule has 0 unspecified atom stereocenters. The Kier molecular flexibility index (Phi) is 4.96. The molecule has 0 saturated heterocycles. The molecule has 0 bridgehead atoms. The van der Waals surface area contributed by atoms with Crippen LogP contribution in [-0.2, 0) is 0 Å². The summed E-state index contributed by atoms with van der Waals surface area (Å²) in [6, 6.07) is 6.02. The molecule has 0 fully saturated rings. The second-order valence-corrected chi connectivity index (χ2v) is 4.99. The van der Waals surface area contributed by atoms with Gasteiger partial charge in [-0.05, 0) is 49.8 Å². The number of rotatable bonds is 3. The largest absolute Gasteiger partial charge is 0.359 e. The lowest BCUT2D eigenvalue weighted by atomic mass is 10.2. The Morgan fingerprint density at radius 3 is 2.75 bits per heavy atom. The molecule has 0 aliphatic heterocycles. The summed E-state index contributed by atoms with van der Waals surface area (Å²) in [6.45, 7) is 8.50. The molecule has 1 aromatic rings. The highest BCUT2D eigenvalue weighted by molar-refractivity contribution is 9.10. The Morgan fingerprint density at radius 2 is 2.19 bits per heavy atom. The van der Waals surface area contributed by atoms with Crippen LogP contribution in [0.4, 0.5) is 5.69 Å². The van der Waals surface area contributed by atoms with Crippen LogP contribution < -0.4 is 10.6 Å². The molecular weight excluding hydrogens is 284 g/mol. The normalized spacial score (nSPS) is 9.69. The van der Waals surface area contributed by atoms with Gasteiger partial charge in [0.1, 0.15) is 0 Å². The second-order valence-electron chi connectivity index (χ2n) is 3.73. The fraction of sp³-hybridized carbons (Fsp3) is 0.250. The number of thiocarbonyl (C=S) groups is 1. The summed E-state index contributed by atoms with van der Waals surface area (Å²) < 4.78 is 1.10. The summed E-state index contributed by atoms with van der Waals surface area (Å²) in [7, 11) is 0. The van der Waals surface area contributed by atoms with Gasteiger partial charge in [-0.25, -0.2) is 0 Å². The molecule has 2 N–H and O–H groups in total. The zero-order valence-corrected chi connectivity index (χ0v) is 11.8. The third-order valence-electron chi connectivity index (χ3n) is 1.97. The van der Waals surface area contributed by atoms with Crippen LogP contribution in [0.1, 0.15) is 12.5 Å². The molecule has 0 atom stereocenters. The first-order chi connectivity index (χ1) is 7.49. The smallest absolute Gasteiger partial charge is 0.171 e. The highest BCUT2D eigenvalue weighted by atomic mass is 79.9. The average Bonchev–Trinajstić information content (AvgIpc) is 2.21. The van der Waals surface area contributed by atoms with E-state index in [0.717, 1.165) is 15.7 Å². The minimum atomic E-state index is 0.615. The standard InChI is InChI=1S/C12H15BrN2S/c1-8(2)7-14-12(16)15-10-4-5-11(13)9(3)6-10/h4-6H,1,7H2,2-3H3,(H2,14,15,16). The zero-order valence-electron chi connectivity index (χ0n) is 9.43. The highest BCUT2D eigenvalue weighted by Crippen LogP contribution is 2.19. The Hall–Kier alpha value is -0.870. The average molecular weight is 299 g/mol. The summed E-state index contributed by atoms with van der Waals surface area (Å²) in [5, 5.41) is 6.81. The van der Waals surface area contributed by atoms with Crippen molar-refractivity contribution in [2.45, 2.75) is 13.8 Å². The van der Waals surface area contributed by atoms with Gasteiger partial charge in [0.2, 0.25) is 0 Å². The van der Waals surface area contributed by atoms with Gasteiger partial charge >= 0.3 is 0 Å². The van der Waals surface area contributed by atoms with Gasteiger partial charge in [0.25, 0.3) is 0 Å². The van der Waals surface area contributed by atoms with E-state index in [1.54, 1.807) is 0 Å². The van der Waals surface area contributed by atoms with E-state index in [1.807, 2.05) is 32.0 Å². The number of benzene rings is 1. The summed E-state index contributed by atoms with van der Waals surface area (Å²) in [5.41, 5.74) is 3.21. The number of hydrogen-bond donors (Lipinski definition) is 2. The van der Waals surface area contributed by atoms with Crippen LogP contribution in [0.3, 0.4) is 0 Å². The molecule has 0 aliphatic carbocycles. The molecule has 0 aromatic heterocycles. The molecule has 0 aliphatic rings. The van der Waals surface area contributed by atoms with Crippen molar-refractivity contribution in [2.24, 2.45) is 0 Å². The predicted molar refractivity (Wildman–Crippen MR) is 77.9 cm³/mol. The van der Waals surface area contributed by atoms with Crippen LogP contribution in [0.5, 0.6) is 0 Å². The van der Waals surface area contributed by atoms with Gasteiger partial charge in [-0.1, -0.05) is 28.1 Å². The Bertz CT molecular complexity index is 415. The maximum Gasteiger partial charge on any atom is 0.171 e. The fourth-order valence-electron chi connectivity index (χ4n) is 1.13. The van der Waals surface area contributed by atoms with Crippen LogP contribution >= 0.6 is 28.1 Å². The lowest BCUT2D eigenvalue weighted by molar-refractivity contribution is 1.000. The van der Waals surface area contributed by atoms with E-state index < -0.39 is 0 Å². The number of aryl methyl sites for hydroxylation is 1. The van der Waals surface area contributed by atoms with Crippen LogP contribution in [0.15, 0.2) is 34.8 Å². The predicted octanol–water partition coefficient (Wildman–Crippen LogP) is 3.62. The molecule has 16 heavy (non-hydrogen) atoms. The quantitative estimate of drug-likeness (QED) is 0.658. The number of halogens is 1. The number of nitrogens with one attached hydrogen (secondary N) is 2. The maximum atomic E-state index is 5.16. The molecule has 0 spiro atoms. The molecule has 86 valence electrons. The molecule has 2 nitrogen and oxygen atoms in total. The minimum absolute atomic E-state index is 0.615. The molecule has 1 aromatic carbocycles. The molecular formula is C12H15BrN2S. The van der Waals surface area contributed by atoms with Gasteiger partial charge in [-0.3, -0.25) is 0 Å².